The summed E-state index contributed by atoms with van der Waals surface area (Å²) in [6.45, 7) is 3.69. The fourth-order valence-corrected chi connectivity index (χ4v) is 4.54. The summed E-state index contributed by atoms with van der Waals surface area (Å²) in [4.78, 5) is 17.5. The molecule has 6 nitrogen and oxygen atoms in total. The van der Waals surface area contributed by atoms with Gasteiger partial charge in [-0.2, -0.15) is 5.10 Å². The first-order valence-electron chi connectivity index (χ1n) is 11.1. The lowest BCUT2D eigenvalue weighted by atomic mass is 10.0. The molecule has 0 atom stereocenters. The van der Waals surface area contributed by atoms with Gasteiger partial charge in [0.15, 0.2) is 0 Å². The molecule has 2 aromatic heterocycles. The van der Waals surface area contributed by atoms with Crippen LogP contribution in [0.3, 0.4) is 0 Å². The van der Waals surface area contributed by atoms with E-state index in [0.29, 0.717) is 19.6 Å². The van der Waals surface area contributed by atoms with Gasteiger partial charge in [-0.1, -0.05) is 54.6 Å². The number of aryl methyl sites for hydroxylation is 1. The Bertz CT molecular complexity index is 1560. The van der Waals surface area contributed by atoms with Gasteiger partial charge in [0.05, 0.1) is 29.8 Å². The molecule has 0 amide bonds. The predicted molar refractivity (Wildman–Crippen MR) is 130 cm³/mol. The van der Waals surface area contributed by atoms with Crippen molar-refractivity contribution in [3.05, 3.63) is 111 Å². The van der Waals surface area contributed by atoms with Crippen LogP contribution in [0.5, 0.6) is 0 Å². The highest BCUT2D eigenvalue weighted by Crippen LogP contribution is 2.25. The predicted octanol–water partition coefficient (Wildman–Crippen LogP) is 4.59. The van der Waals surface area contributed by atoms with E-state index in [4.69, 9.17) is 10.1 Å². The minimum Gasteiger partial charge on any atom is -0.352 e. The highest BCUT2D eigenvalue weighted by molar-refractivity contribution is 5.78. The molecule has 33 heavy (non-hydrogen) atoms. The van der Waals surface area contributed by atoms with Gasteiger partial charge in [-0.25, -0.2) is 9.67 Å². The molecule has 0 aliphatic carbocycles. The Morgan fingerprint density at radius 2 is 1.64 bits per heavy atom. The van der Waals surface area contributed by atoms with E-state index in [1.54, 1.807) is 10.7 Å². The highest BCUT2D eigenvalue weighted by atomic mass is 16.1. The normalized spacial score (nSPS) is 13.0. The van der Waals surface area contributed by atoms with E-state index in [2.05, 4.69) is 52.3 Å². The zero-order chi connectivity index (χ0) is 22.4. The molecule has 0 saturated heterocycles. The maximum atomic E-state index is 12.7. The van der Waals surface area contributed by atoms with E-state index in [1.807, 2.05) is 37.3 Å². The van der Waals surface area contributed by atoms with E-state index in [1.165, 1.54) is 0 Å². The lowest BCUT2D eigenvalue weighted by Gasteiger charge is -2.12. The monoisotopic (exact) mass is 433 g/mol. The number of benzene rings is 3. The van der Waals surface area contributed by atoms with E-state index in [9.17, 15) is 4.79 Å². The lowest BCUT2D eigenvalue weighted by molar-refractivity contribution is 0.640. The Morgan fingerprint density at radius 3 is 2.55 bits per heavy atom. The number of nitrogens with zero attached hydrogens (tertiary/aromatic N) is 4. The summed E-state index contributed by atoms with van der Waals surface area (Å²) in [6, 6.07) is 26.5. The van der Waals surface area contributed by atoms with E-state index in [0.717, 1.165) is 50.5 Å². The van der Waals surface area contributed by atoms with Crippen LogP contribution in [-0.2, 0) is 19.6 Å². The molecule has 0 saturated carbocycles. The second-order valence-corrected chi connectivity index (χ2v) is 8.56. The first-order valence-corrected chi connectivity index (χ1v) is 11.1. The minimum absolute atomic E-state index is 0.0909. The van der Waals surface area contributed by atoms with Crippen LogP contribution in [0.25, 0.3) is 22.3 Å². The fourth-order valence-electron chi connectivity index (χ4n) is 4.54. The third-order valence-corrected chi connectivity index (χ3v) is 6.16. The van der Waals surface area contributed by atoms with Crippen molar-refractivity contribution in [2.45, 2.75) is 26.6 Å². The van der Waals surface area contributed by atoms with Gasteiger partial charge in [-0.15, -0.1) is 0 Å². The van der Waals surface area contributed by atoms with Crippen molar-refractivity contribution in [3.63, 3.8) is 0 Å². The third kappa shape index (κ3) is 3.59. The molecule has 0 spiro atoms. The Kier molecular flexibility index (Phi) is 4.57. The molecule has 6 rings (SSSR count). The van der Waals surface area contributed by atoms with Crippen LogP contribution >= 0.6 is 0 Å². The topological polar surface area (TPSA) is 64.7 Å². The summed E-state index contributed by atoms with van der Waals surface area (Å²) in [7, 11) is 0. The number of para-hydroxylation sites is 2. The average Bonchev–Trinajstić information content (AvgIpc) is 3.17. The molecular formula is C27H23N5O. The molecular weight excluding hydrogens is 410 g/mol. The number of hydrogen-bond acceptors (Lipinski definition) is 4. The van der Waals surface area contributed by atoms with Crippen LogP contribution in [0, 0.1) is 6.92 Å². The third-order valence-electron chi connectivity index (χ3n) is 6.16. The van der Waals surface area contributed by atoms with Gasteiger partial charge in [-0.05, 0) is 47.4 Å². The Labute approximate surface area is 191 Å². The van der Waals surface area contributed by atoms with Gasteiger partial charge in [-0.3, -0.25) is 4.79 Å². The summed E-state index contributed by atoms with van der Waals surface area (Å²) in [6.07, 6.45) is 0. The fraction of sp³-hybridized carbons (Fsp3) is 0.148. The summed E-state index contributed by atoms with van der Waals surface area (Å²) < 4.78 is 3.78. The molecule has 5 aromatic rings. The summed E-state index contributed by atoms with van der Waals surface area (Å²) in [5.74, 6) is 0.841. The van der Waals surface area contributed by atoms with Gasteiger partial charge in [0.1, 0.15) is 0 Å². The molecule has 6 heteroatoms. The van der Waals surface area contributed by atoms with Crippen molar-refractivity contribution in [1.82, 2.24) is 19.3 Å². The highest BCUT2D eigenvalue weighted by Gasteiger charge is 2.14. The maximum absolute atomic E-state index is 12.7. The van der Waals surface area contributed by atoms with Gasteiger partial charge >= 0.3 is 0 Å². The quantitative estimate of drug-likeness (QED) is 0.388. The zero-order valence-corrected chi connectivity index (χ0v) is 18.3. The van der Waals surface area contributed by atoms with Crippen LogP contribution in [-0.4, -0.2) is 19.3 Å². The Morgan fingerprint density at radius 1 is 0.848 bits per heavy atom. The van der Waals surface area contributed by atoms with Crippen LogP contribution in [0.1, 0.15) is 22.3 Å². The molecule has 3 aromatic carbocycles. The van der Waals surface area contributed by atoms with Gasteiger partial charge < -0.3 is 9.88 Å². The van der Waals surface area contributed by atoms with Crippen molar-refractivity contribution in [3.8, 4) is 11.3 Å². The maximum Gasteiger partial charge on any atom is 0.267 e. The first kappa shape index (κ1) is 19.5. The largest absolute Gasteiger partial charge is 0.352 e. The standard InChI is InChI=1S/C27H23N5O/c1-18-12-25(33)32-17-20-7-4-6-19(13-20)15-28-27-29-23-10-2-3-11-24(23)31(27)16-21-8-5-9-22(14-21)26(18)30-32/h2-14H,15-17H2,1H3,(H,28,29). The zero-order valence-electron chi connectivity index (χ0n) is 18.3. The molecule has 3 heterocycles. The second-order valence-electron chi connectivity index (χ2n) is 8.56. The number of aromatic nitrogens is 4. The molecule has 0 radical (unpaired) electrons. The van der Waals surface area contributed by atoms with Crippen LogP contribution in [0.2, 0.25) is 0 Å². The molecule has 1 aliphatic heterocycles. The van der Waals surface area contributed by atoms with Crippen molar-refractivity contribution >= 4 is 17.0 Å². The van der Waals surface area contributed by atoms with Crippen molar-refractivity contribution in [2.75, 3.05) is 5.32 Å². The molecule has 162 valence electrons. The minimum atomic E-state index is -0.0909. The van der Waals surface area contributed by atoms with Crippen molar-refractivity contribution < 1.29 is 0 Å². The SMILES string of the molecule is Cc1cc(=O)n2nc1-c1cccc(c1)Cn1c(nc3ccccc31)NCc1cccc(c1)C2. The van der Waals surface area contributed by atoms with E-state index < -0.39 is 0 Å². The first-order chi connectivity index (χ1) is 16.1. The lowest BCUT2D eigenvalue weighted by Crippen LogP contribution is -2.24. The molecule has 0 unspecified atom stereocenters. The van der Waals surface area contributed by atoms with Crippen LogP contribution < -0.4 is 10.9 Å². The van der Waals surface area contributed by atoms with Gasteiger partial charge in [0.2, 0.25) is 5.95 Å². The number of fused-ring (bicyclic) bond motifs is 10. The molecule has 0 fully saturated rings. The van der Waals surface area contributed by atoms with Crippen LogP contribution in [0.15, 0.2) is 83.7 Å². The molecule has 1 N–H and O–H groups in total. The smallest absolute Gasteiger partial charge is 0.267 e. The van der Waals surface area contributed by atoms with Gasteiger partial charge in [0, 0.05) is 18.2 Å². The summed E-state index contributed by atoms with van der Waals surface area (Å²) in [5.41, 5.74) is 7.99. The number of hydrogen-bond donors (Lipinski definition) is 1. The Hall–Kier alpha value is -4.19. The Balaban J connectivity index is 1.57. The van der Waals surface area contributed by atoms with E-state index in [-0.39, 0.29) is 5.56 Å². The summed E-state index contributed by atoms with van der Waals surface area (Å²) in [5, 5.41) is 8.30. The van der Waals surface area contributed by atoms with Crippen LogP contribution in [0.4, 0.5) is 5.95 Å². The number of nitrogens with one attached hydrogen (secondary N) is 1. The van der Waals surface area contributed by atoms with Crippen molar-refractivity contribution in [1.29, 1.82) is 0 Å². The van der Waals surface area contributed by atoms with Gasteiger partial charge in [0.25, 0.3) is 5.56 Å². The molecule has 1 aliphatic rings. The van der Waals surface area contributed by atoms with E-state index >= 15 is 0 Å². The van der Waals surface area contributed by atoms with Crippen molar-refractivity contribution in [2.24, 2.45) is 0 Å². The molecule has 6 bridgehead atoms. The average molecular weight is 434 g/mol. The number of imidazole rings is 1. The second kappa shape index (κ2) is 7.74. The number of rotatable bonds is 0. The number of anilines is 1. The summed E-state index contributed by atoms with van der Waals surface area (Å²) >= 11 is 0.